The number of hydrogen-bond donors (Lipinski definition) is 1. The molecule has 1 unspecified atom stereocenters. The number of carbonyl (C=O) groups excluding carboxylic acids is 1. The van der Waals surface area contributed by atoms with E-state index in [0.29, 0.717) is 27.9 Å². The summed E-state index contributed by atoms with van der Waals surface area (Å²) in [6.07, 6.45) is 0.775. The van der Waals surface area contributed by atoms with E-state index in [2.05, 4.69) is 17.4 Å². The van der Waals surface area contributed by atoms with E-state index in [1.807, 2.05) is 60.7 Å². The molecule has 4 nitrogen and oxygen atoms in total. The van der Waals surface area contributed by atoms with E-state index in [-0.39, 0.29) is 11.8 Å². The Balaban J connectivity index is 1.58. The molecule has 0 spiro atoms. The average molecular weight is 466 g/mol. The van der Waals surface area contributed by atoms with E-state index < -0.39 is 0 Å². The minimum Gasteiger partial charge on any atom is -0.493 e. The van der Waals surface area contributed by atoms with Crippen LogP contribution in [0.1, 0.15) is 26.7 Å². The lowest BCUT2D eigenvalue weighted by molar-refractivity contribution is 0.0955. The maximum atomic E-state index is 13.0. The molecule has 32 heavy (non-hydrogen) atoms. The minimum atomic E-state index is -0.158. The van der Waals surface area contributed by atoms with Gasteiger partial charge >= 0.3 is 0 Å². The third-order valence-electron chi connectivity index (χ3n) is 5.45. The highest BCUT2D eigenvalue weighted by atomic mass is 35.5. The van der Waals surface area contributed by atoms with Crippen LogP contribution < -0.4 is 14.8 Å². The molecule has 0 fully saturated rings. The maximum absolute atomic E-state index is 13.0. The topological polar surface area (TPSA) is 47.6 Å². The summed E-state index contributed by atoms with van der Waals surface area (Å²) in [7, 11) is 3.24. The van der Waals surface area contributed by atoms with Crippen LogP contribution in [-0.4, -0.2) is 26.7 Å². The zero-order valence-corrected chi connectivity index (χ0v) is 19.5. The number of ether oxygens (including phenoxy) is 2. The molecule has 1 N–H and O–H groups in total. The number of benzene rings is 3. The molecule has 0 aliphatic carbocycles. The zero-order valence-electron chi connectivity index (χ0n) is 17.9. The predicted octanol–water partition coefficient (Wildman–Crippen LogP) is 6.33. The van der Waals surface area contributed by atoms with Gasteiger partial charge in [0.15, 0.2) is 11.5 Å². The Morgan fingerprint density at radius 2 is 1.69 bits per heavy atom. The number of rotatable bonds is 8. The molecular formula is C26H24ClNO3S. The summed E-state index contributed by atoms with van der Waals surface area (Å²) in [6, 6.07) is 23.9. The van der Waals surface area contributed by atoms with E-state index in [1.54, 1.807) is 14.2 Å². The highest BCUT2D eigenvalue weighted by Crippen LogP contribution is 2.35. The first-order valence-electron chi connectivity index (χ1n) is 10.3. The van der Waals surface area contributed by atoms with E-state index in [0.717, 1.165) is 22.1 Å². The third-order valence-corrected chi connectivity index (χ3v) is 7.13. The summed E-state index contributed by atoms with van der Waals surface area (Å²) in [5.74, 6) is 1.24. The van der Waals surface area contributed by atoms with Crippen molar-refractivity contribution in [1.82, 2.24) is 5.32 Å². The van der Waals surface area contributed by atoms with E-state index in [1.165, 1.54) is 16.9 Å². The molecule has 4 rings (SSSR count). The Hall–Kier alpha value is -3.02. The van der Waals surface area contributed by atoms with Crippen LogP contribution in [0.5, 0.6) is 11.5 Å². The summed E-state index contributed by atoms with van der Waals surface area (Å²) in [5.41, 5.74) is 2.26. The van der Waals surface area contributed by atoms with Gasteiger partial charge in [-0.3, -0.25) is 4.79 Å². The molecule has 6 heteroatoms. The standard InChI is InChI=1S/C26H24ClNO3S/c1-30-21-13-12-18(15-22(21)31-2)19(14-17-8-4-3-5-9-17)16-28-26(29)25-24(27)20-10-6-7-11-23(20)32-25/h3-13,15,19H,14,16H2,1-2H3,(H,28,29). The van der Waals surface area contributed by atoms with Gasteiger partial charge in [0.2, 0.25) is 0 Å². The molecule has 3 aromatic carbocycles. The average Bonchev–Trinajstić information content (AvgIpc) is 3.18. The second kappa shape index (κ2) is 10.1. The van der Waals surface area contributed by atoms with Gasteiger partial charge in [0, 0.05) is 22.5 Å². The second-order valence-electron chi connectivity index (χ2n) is 7.45. The fourth-order valence-corrected chi connectivity index (χ4v) is 5.20. The highest BCUT2D eigenvalue weighted by molar-refractivity contribution is 7.21. The summed E-state index contributed by atoms with van der Waals surface area (Å²) < 4.78 is 11.9. The lowest BCUT2D eigenvalue weighted by Gasteiger charge is -2.20. The van der Waals surface area contributed by atoms with Gasteiger partial charge in [-0.1, -0.05) is 66.2 Å². The van der Waals surface area contributed by atoms with Crippen LogP contribution in [0, 0.1) is 0 Å². The van der Waals surface area contributed by atoms with Crippen molar-refractivity contribution in [3.63, 3.8) is 0 Å². The van der Waals surface area contributed by atoms with Gasteiger partial charge in [0.05, 0.1) is 19.2 Å². The zero-order chi connectivity index (χ0) is 22.5. The van der Waals surface area contributed by atoms with Crippen LogP contribution in [0.4, 0.5) is 0 Å². The fraction of sp³-hybridized carbons (Fsp3) is 0.192. The van der Waals surface area contributed by atoms with Crippen LogP contribution >= 0.6 is 22.9 Å². The number of carbonyl (C=O) groups is 1. The van der Waals surface area contributed by atoms with E-state index in [4.69, 9.17) is 21.1 Å². The van der Waals surface area contributed by atoms with Gasteiger partial charge in [-0.15, -0.1) is 11.3 Å². The molecule has 1 aromatic heterocycles. The molecular weight excluding hydrogens is 442 g/mol. The number of nitrogens with one attached hydrogen (secondary N) is 1. The molecule has 1 heterocycles. The minimum absolute atomic E-state index is 0.0503. The van der Waals surface area contributed by atoms with Gasteiger partial charge in [0.1, 0.15) is 4.88 Å². The van der Waals surface area contributed by atoms with Gasteiger partial charge < -0.3 is 14.8 Å². The fourth-order valence-electron chi connectivity index (χ4n) is 3.77. The molecule has 0 saturated heterocycles. The van der Waals surface area contributed by atoms with Crippen LogP contribution in [0.15, 0.2) is 72.8 Å². The van der Waals surface area contributed by atoms with E-state index in [9.17, 15) is 4.79 Å². The molecule has 0 radical (unpaired) electrons. The quantitative estimate of drug-likeness (QED) is 0.331. The van der Waals surface area contributed by atoms with Gasteiger partial charge in [-0.05, 0) is 35.7 Å². The Kier molecular flexibility index (Phi) is 6.98. The van der Waals surface area contributed by atoms with Gasteiger partial charge in [0.25, 0.3) is 5.91 Å². The molecule has 0 saturated carbocycles. The normalized spacial score (nSPS) is 11.8. The molecule has 1 atom stereocenters. The summed E-state index contributed by atoms with van der Waals surface area (Å²) in [5, 5.41) is 4.52. The number of thiophene rings is 1. The molecule has 164 valence electrons. The first-order chi connectivity index (χ1) is 15.6. The molecule has 1 amide bonds. The number of amides is 1. The molecule has 0 aliphatic heterocycles. The lowest BCUT2D eigenvalue weighted by Crippen LogP contribution is -2.29. The summed E-state index contributed by atoms with van der Waals surface area (Å²) in [4.78, 5) is 13.6. The van der Waals surface area contributed by atoms with Crippen LogP contribution in [0.25, 0.3) is 10.1 Å². The van der Waals surface area contributed by atoms with Gasteiger partial charge in [-0.2, -0.15) is 0 Å². The Bertz CT molecular complexity index is 1220. The first kappa shape index (κ1) is 22.2. The maximum Gasteiger partial charge on any atom is 0.262 e. The first-order valence-corrected chi connectivity index (χ1v) is 11.5. The third kappa shape index (κ3) is 4.74. The van der Waals surface area contributed by atoms with Crippen molar-refractivity contribution in [1.29, 1.82) is 0 Å². The number of methoxy groups -OCH3 is 2. The van der Waals surface area contributed by atoms with Crippen molar-refractivity contribution in [3.05, 3.63) is 93.8 Å². The molecule has 0 bridgehead atoms. The predicted molar refractivity (Wildman–Crippen MR) is 132 cm³/mol. The Morgan fingerprint density at radius 1 is 0.969 bits per heavy atom. The second-order valence-corrected chi connectivity index (χ2v) is 8.88. The van der Waals surface area contributed by atoms with Crippen molar-refractivity contribution in [2.45, 2.75) is 12.3 Å². The monoisotopic (exact) mass is 465 g/mol. The number of fused-ring (bicyclic) bond motifs is 1. The summed E-state index contributed by atoms with van der Waals surface area (Å²) >= 11 is 7.92. The molecule has 0 aliphatic rings. The van der Waals surface area contributed by atoms with Crippen molar-refractivity contribution in [2.24, 2.45) is 0 Å². The smallest absolute Gasteiger partial charge is 0.262 e. The Labute approximate surface area is 196 Å². The van der Waals surface area contributed by atoms with Crippen LogP contribution in [-0.2, 0) is 6.42 Å². The highest BCUT2D eigenvalue weighted by Gasteiger charge is 2.20. The largest absolute Gasteiger partial charge is 0.493 e. The number of halogens is 1. The number of hydrogen-bond acceptors (Lipinski definition) is 4. The van der Waals surface area contributed by atoms with Gasteiger partial charge in [-0.25, -0.2) is 0 Å². The summed E-state index contributed by atoms with van der Waals surface area (Å²) in [6.45, 7) is 0.466. The lowest BCUT2D eigenvalue weighted by atomic mass is 9.91. The van der Waals surface area contributed by atoms with Crippen LogP contribution in [0.3, 0.4) is 0 Å². The Morgan fingerprint density at radius 3 is 2.41 bits per heavy atom. The van der Waals surface area contributed by atoms with Crippen LogP contribution in [0.2, 0.25) is 5.02 Å². The van der Waals surface area contributed by atoms with E-state index >= 15 is 0 Å². The SMILES string of the molecule is COc1ccc(C(CNC(=O)c2sc3ccccc3c2Cl)Cc2ccccc2)cc1OC. The van der Waals surface area contributed by atoms with Crippen molar-refractivity contribution in [3.8, 4) is 11.5 Å². The van der Waals surface area contributed by atoms with Crippen molar-refractivity contribution >= 4 is 38.9 Å². The van der Waals surface area contributed by atoms with Crippen molar-refractivity contribution in [2.75, 3.05) is 20.8 Å². The molecule has 4 aromatic rings. The van der Waals surface area contributed by atoms with Crippen molar-refractivity contribution < 1.29 is 14.3 Å².